The molecule has 28 heavy (non-hydrogen) atoms. The molecule has 0 radical (unpaired) electrons. The van der Waals surface area contributed by atoms with Gasteiger partial charge in [0.15, 0.2) is 0 Å². The van der Waals surface area contributed by atoms with Gasteiger partial charge in [0, 0.05) is 22.5 Å². The van der Waals surface area contributed by atoms with Gasteiger partial charge < -0.3 is 4.74 Å². The molecule has 0 amide bonds. The number of hydrogen-bond acceptors (Lipinski definition) is 3. The lowest BCUT2D eigenvalue weighted by Gasteiger charge is -2.08. The summed E-state index contributed by atoms with van der Waals surface area (Å²) in [6.07, 6.45) is 1.90. The number of para-hydroxylation sites is 2. The Labute approximate surface area is 163 Å². The number of hydrogen-bond donors (Lipinski definition) is 0. The summed E-state index contributed by atoms with van der Waals surface area (Å²) in [5.41, 5.74) is 6.12. The van der Waals surface area contributed by atoms with Crippen LogP contribution in [0.2, 0.25) is 0 Å². The monoisotopic (exact) mass is 365 g/mol. The Kier molecular flexibility index (Phi) is 3.83. The molecule has 4 heteroatoms. The van der Waals surface area contributed by atoms with Crippen LogP contribution < -0.4 is 4.74 Å². The van der Waals surface area contributed by atoms with Crippen LogP contribution in [0.3, 0.4) is 0 Å². The number of aryl methyl sites for hydroxylation is 1. The molecule has 0 aliphatic heterocycles. The van der Waals surface area contributed by atoms with Crippen molar-refractivity contribution in [2.75, 3.05) is 7.11 Å². The van der Waals surface area contributed by atoms with E-state index in [0.717, 1.165) is 44.5 Å². The fraction of sp³-hybridized carbons (Fsp3) is 0.0833. The normalized spacial score (nSPS) is 11.2. The van der Waals surface area contributed by atoms with Crippen LogP contribution >= 0.6 is 0 Å². The van der Waals surface area contributed by atoms with Gasteiger partial charge in [-0.3, -0.25) is 4.98 Å². The molecule has 0 unspecified atom stereocenters. The zero-order valence-electron chi connectivity index (χ0n) is 15.8. The van der Waals surface area contributed by atoms with E-state index in [1.165, 1.54) is 5.56 Å². The molecule has 5 rings (SSSR count). The van der Waals surface area contributed by atoms with Crippen LogP contribution in [-0.4, -0.2) is 21.9 Å². The minimum Gasteiger partial charge on any atom is -0.494 e. The van der Waals surface area contributed by atoms with Gasteiger partial charge in [0.05, 0.1) is 18.3 Å². The zero-order chi connectivity index (χ0) is 19.1. The molecule has 136 valence electrons. The van der Waals surface area contributed by atoms with Crippen LogP contribution in [0.4, 0.5) is 0 Å². The number of nitrogens with zero attached hydrogens (tertiary/aromatic N) is 3. The maximum atomic E-state index is 5.53. The molecule has 2 heterocycles. The predicted octanol–water partition coefficient (Wildman–Crippen LogP) is 5.56. The second-order valence-electron chi connectivity index (χ2n) is 6.84. The molecule has 0 aliphatic carbocycles. The van der Waals surface area contributed by atoms with Crippen molar-refractivity contribution in [1.82, 2.24) is 14.8 Å². The molecule has 0 N–H and O–H groups in total. The van der Waals surface area contributed by atoms with Gasteiger partial charge in [0.25, 0.3) is 0 Å². The van der Waals surface area contributed by atoms with Crippen molar-refractivity contribution in [2.45, 2.75) is 6.92 Å². The minimum absolute atomic E-state index is 0.761. The molecular weight excluding hydrogens is 346 g/mol. The van der Waals surface area contributed by atoms with Crippen LogP contribution in [0, 0.1) is 6.92 Å². The van der Waals surface area contributed by atoms with Crippen LogP contribution in [0.1, 0.15) is 5.56 Å². The van der Waals surface area contributed by atoms with Crippen molar-refractivity contribution in [2.24, 2.45) is 0 Å². The van der Waals surface area contributed by atoms with E-state index in [0.29, 0.717) is 0 Å². The molecule has 0 atom stereocenters. The smallest absolute Gasteiger partial charge is 0.145 e. The Morgan fingerprint density at radius 2 is 1.61 bits per heavy atom. The van der Waals surface area contributed by atoms with Gasteiger partial charge in [-0.2, -0.15) is 5.10 Å². The average Bonchev–Trinajstić information content (AvgIpc) is 3.14. The summed E-state index contributed by atoms with van der Waals surface area (Å²) in [6.45, 7) is 2.09. The second kappa shape index (κ2) is 6.50. The topological polar surface area (TPSA) is 39.9 Å². The molecule has 0 aliphatic rings. The fourth-order valence-corrected chi connectivity index (χ4v) is 3.63. The third kappa shape index (κ3) is 2.54. The first-order valence-corrected chi connectivity index (χ1v) is 9.23. The van der Waals surface area contributed by atoms with Crippen molar-refractivity contribution < 1.29 is 4.74 Å². The van der Waals surface area contributed by atoms with Crippen molar-refractivity contribution in [3.05, 3.63) is 84.6 Å². The summed E-state index contributed by atoms with van der Waals surface area (Å²) < 4.78 is 7.54. The summed E-state index contributed by atoms with van der Waals surface area (Å²) in [4.78, 5) is 4.71. The Balaban J connectivity index is 1.91. The highest BCUT2D eigenvalue weighted by molar-refractivity contribution is 6.10. The predicted molar refractivity (Wildman–Crippen MR) is 113 cm³/mol. The van der Waals surface area contributed by atoms with Crippen molar-refractivity contribution in [3.63, 3.8) is 0 Å². The molecule has 2 aromatic heterocycles. The Morgan fingerprint density at radius 1 is 0.821 bits per heavy atom. The first-order chi connectivity index (χ1) is 13.8. The number of rotatable bonds is 3. The number of aromatic nitrogens is 3. The largest absolute Gasteiger partial charge is 0.494 e. The molecule has 5 aromatic rings. The van der Waals surface area contributed by atoms with Gasteiger partial charge in [0.1, 0.15) is 17.0 Å². The van der Waals surface area contributed by atoms with E-state index in [1.807, 2.05) is 41.2 Å². The molecular formula is C24H19N3O. The van der Waals surface area contributed by atoms with Crippen LogP contribution in [-0.2, 0) is 0 Å². The van der Waals surface area contributed by atoms with Gasteiger partial charge in [0.2, 0.25) is 0 Å². The lowest BCUT2D eigenvalue weighted by atomic mass is 10.1. The lowest BCUT2D eigenvalue weighted by Crippen LogP contribution is -1.97. The van der Waals surface area contributed by atoms with Gasteiger partial charge >= 0.3 is 0 Å². The van der Waals surface area contributed by atoms with E-state index in [-0.39, 0.29) is 0 Å². The van der Waals surface area contributed by atoms with Gasteiger partial charge in [-0.05, 0) is 25.1 Å². The summed E-state index contributed by atoms with van der Waals surface area (Å²) in [5.74, 6) is 0.761. The Hall–Kier alpha value is -3.66. The molecule has 4 nitrogen and oxygen atoms in total. The molecule has 0 saturated heterocycles. The van der Waals surface area contributed by atoms with Gasteiger partial charge in [-0.15, -0.1) is 0 Å². The third-order valence-electron chi connectivity index (χ3n) is 5.04. The summed E-state index contributed by atoms with van der Waals surface area (Å²) in [6, 6.07) is 24.7. The van der Waals surface area contributed by atoms with E-state index in [2.05, 4.69) is 49.4 Å². The number of fused-ring (bicyclic) bond motifs is 3. The third-order valence-corrected chi connectivity index (χ3v) is 5.04. The number of ether oxygens (including phenoxy) is 1. The standard InChI is InChI=1S/C24H19N3O/c1-16-11-13-17(14-12-16)22-20-15-25-23-19(9-6-10-21(23)28-2)24(20)27(26-22)18-7-4-3-5-8-18/h3-15H,1-2H3. The first kappa shape index (κ1) is 16.5. The quantitative estimate of drug-likeness (QED) is 0.420. The van der Waals surface area contributed by atoms with Crippen molar-refractivity contribution >= 4 is 21.8 Å². The minimum atomic E-state index is 0.761. The zero-order valence-corrected chi connectivity index (χ0v) is 15.8. The Bertz CT molecular complexity index is 1290. The number of methoxy groups -OCH3 is 1. The van der Waals surface area contributed by atoms with E-state index in [4.69, 9.17) is 14.8 Å². The van der Waals surface area contributed by atoms with Crippen LogP contribution in [0.15, 0.2) is 79.0 Å². The van der Waals surface area contributed by atoms with E-state index < -0.39 is 0 Å². The Morgan fingerprint density at radius 3 is 2.36 bits per heavy atom. The highest BCUT2D eigenvalue weighted by Gasteiger charge is 2.18. The highest BCUT2D eigenvalue weighted by atomic mass is 16.5. The molecule has 0 spiro atoms. The maximum Gasteiger partial charge on any atom is 0.145 e. The van der Waals surface area contributed by atoms with E-state index in [1.54, 1.807) is 7.11 Å². The van der Waals surface area contributed by atoms with Gasteiger partial charge in [-0.25, -0.2) is 4.68 Å². The van der Waals surface area contributed by atoms with Crippen LogP contribution in [0.5, 0.6) is 5.75 Å². The maximum absolute atomic E-state index is 5.53. The average molecular weight is 365 g/mol. The number of benzene rings is 3. The number of pyridine rings is 1. The van der Waals surface area contributed by atoms with Crippen LogP contribution in [0.25, 0.3) is 38.8 Å². The summed E-state index contributed by atoms with van der Waals surface area (Å²) in [5, 5.41) is 7.04. The highest BCUT2D eigenvalue weighted by Crippen LogP contribution is 2.36. The second-order valence-corrected chi connectivity index (χ2v) is 6.84. The summed E-state index contributed by atoms with van der Waals surface area (Å²) in [7, 11) is 1.67. The molecule has 0 bridgehead atoms. The molecule has 0 saturated carbocycles. The van der Waals surface area contributed by atoms with Crippen molar-refractivity contribution in [1.29, 1.82) is 0 Å². The lowest BCUT2D eigenvalue weighted by molar-refractivity contribution is 0.419. The van der Waals surface area contributed by atoms with E-state index >= 15 is 0 Å². The van der Waals surface area contributed by atoms with Gasteiger partial charge in [-0.1, -0.05) is 60.2 Å². The van der Waals surface area contributed by atoms with Crippen molar-refractivity contribution in [3.8, 4) is 22.7 Å². The molecule has 3 aromatic carbocycles. The summed E-state index contributed by atoms with van der Waals surface area (Å²) >= 11 is 0. The molecule has 0 fully saturated rings. The fourth-order valence-electron chi connectivity index (χ4n) is 3.63. The van der Waals surface area contributed by atoms with E-state index in [9.17, 15) is 0 Å². The first-order valence-electron chi connectivity index (χ1n) is 9.23. The SMILES string of the molecule is COc1cccc2c1ncc1c(-c3ccc(C)cc3)nn(-c3ccccc3)c12.